The van der Waals surface area contributed by atoms with E-state index in [1.807, 2.05) is 36.1 Å². The van der Waals surface area contributed by atoms with Crippen molar-refractivity contribution in [2.75, 3.05) is 19.8 Å². The van der Waals surface area contributed by atoms with Crippen LogP contribution in [-0.4, -0.2) is 57.8 Å². The topological polar surface area (TPSA) is 65.6 Å². The van der Waals surface area contributed by atoms with Crippen LogP contribution in [0.1, 0.15) is 30.7 Å². The fraction of sp³-hybridized carbons (Fsp3) is 0.667. The Bertz CT molecular complexity index is 657. The summed E-state index contributed by atoms with van der Waals surface area (Å²) in [4.78, 5) is 2.47. The first kappa shape index (κ1) is 16.8. The van der Waals surface area contributed by atoms with E-state index in [9.17, 15) is 0 Å². The monoisotopic (exact) mass is 346 g/mol. The molecule has 0 aromatic carbocycles. The molecule has 3 heterocycles. The lowest BCUT2D eigenvalue weighted by atomic mass is 10.1. The molecule has 136 valence electrons. The number of nitrogens with zero attached hydrogens (tertiary/aromatic N) is 4. The predicted molar refractivity (Wildman–Crippen MR) is 91.0 cm³/mol. The fourth-order valence-electron chi connectivity index (χ4n) is 3.96. The lowest BCUT2D eigenvalue weighted by Gasteiger charge is -2.38. The number of fused-ring (bicyclic) bond motifs is 1. The summed E-state index contributed by atoms with van der Waals surface area (Å²) in [5, 5.41) is 8.35. The first-order valence-corrected chi connectivity index (χ1v) is 9.16. The fourth-order valence-corrected chi connectivity index (χ4v) is 3.96. The Morgan fingerprint density at radius 2 is 2.32 bits per heavy atom. The van der Waals surface area contributed by atoms with Crippen molar-refractivity contribution in [1.82, 2.24) is 19.8 Å². The number of aryl methyl sites for hydroxylation is 2. The van der Waals surface area contributed by atoms with Gasteiger partial charge in [-0.3, -0.25) is 9.58 Å². The van der Waals surface area contributed by atoms with Crippen molar-refractivity contribution in [3.05, 3.63) is 36.0 Å². The van der Waals surface area contributed by atoms with Crippen LogP contribution in [0.3, 0.4) is 0 Å². The van der Waals surface area contributed by atoms with Crippen molar-refractivity contribution in [2.45, 2.75) is 57.5 Å². The Morgan fingerprint density at radius 3 is 3.12 bits per heavy atom. The van der Waals surface area contributed by atoms with Crippen LogP contribution in [0.5, 0.6) is 0 Å². The molecule has 2 aromatic rings. The molecule has 4 rings (SSSR count). The van der Waals surface area contributed by atoms with Crippen molar-refractivity contribution < 1.29 is 14.0 Å². The van der Waals surface area contributed by atoms with Gasteiger partial charge in [0, 0.05) is 50.7 Å². The quantitative estimate of drug-likeness (QED) is 0.715. The molecule has 2 aromatic heterocycles. The second kappa shape index (κ2) is 7.68. The second-order valence-electron chi connectivity index (χ2n) is 6.91. The number of ether oxygens (including phenoxy) is 2. The van der Waals surface area contributed by atoms with Gasteiger partial charge in [-0.1, -0.05) is 5.16 Å². The minimum absolute atomic E-state index is 0.173. The van der Waals surface area contributed by atoms with Gasteiger partial charge < -0.3 is 14.0 Å². The van der Waals surface area contributed by atoms with Gasteiger partial charge in [0.25, 0.3) is 0 Å². The van der Waals surface area contributed by atoms with E-state index in [1.54, 1.807) is 0 Å². The molecule has 3 atom stereocenters. The molecule has 1 saturated heterocycles. The average molecular weight is 346 g/mol. The summed E-state index contributed by atoms with van der Waals surface area (Å²) in [5.41, 5.74) is 1.00. The van der Waals surface area contributed by atoms with Crippen LogP contribution in [0.2, 0.25) is 0 Å². The zero-order chi connectivity index (χ0) is 17.1. The molecule has 0 radical (unpaired) electrons. The Balaban J connectivity index is 1.27. The van der Waals surface area contributed by atoms with E-state index in [4.69, 9.17) is 14.0 Å². The Kier molecular flexibility index (Phi) is 5.14. The third-order valence-electron chi connectivity index (χ3n) is 5.11. The van der Waals surface area contributed by atoms with Crippen LogP contribution in [-0.2, 0) is 22.6 Å². The summed E-state index contributed by atoms with van der Waals surface area (Å²) in [6.45, 7) is 6.10. The maximum absolute atomic E-state index is 6.15. The molecule has 0 spiro atoms. The Labute approximate surface area is 147 Å². The van der Waals surface area contributed by atoms with Gasteiger partial charge in [0.2, 0.25) is 0 Å². The van der Waals surface area contributed by atoms with Gasteiger partial charge in [-0.25, -0.2) is 0 Å². The number of hydrogen-bond acceptors (Lipinski definition) is 6. The summed E-state index contributed by atoms with van der Waals surface area (Å²) < 4.78 is 19.3. The Morgan fingerprint density at radius 1 is 1.36 bits per heavy atom. The van der Waals surface area contributed by atoms with Crippen molar-refractivity contribution in [3.8, 4) is 0 Å². The predicted octanol–water partition coefficient (Wildman–Crippen LogP) is 2.02. The molecule has 1 saturated carbocycles. The minimum Gasteiger partial charge on any atom is -0.375 e. The van der Waals surface area contributed by atoms with E-state index >= 15 is 0 Å². The average Bonchev–Trinajstić information content (AvgIpc) is 3.34. The largest absolute Gasteiger partial charge is 0.375 e. The van der Waals surface area contributed by atoms with Gasteiger partial charge in [0.1, 0.15) is 5.76 Å². The zero-order valence-corrected chi connectivity index (χ0v) is 14.7. The van der Waals surface area contributed by atoms with Crippen LogP contribution in [0, 0.1) is 6.92 Å². The maximum atomic E-state index is 6.15. The van der Waals surface area contributed by atoms with E-state index in [2.05, 4.69) is 15.2 Å². The molecule has 7 heteroatoms. The van der Waals surface area contributed by atoms with Crippen molar-refractivity contribution >= 4 is 0 Å². The molecule has 2 aliphatic rings. The third kappa shape index (κ3) is 3.94. The normalized spacial score (nSPS) is 26.8. The van der Waals surface area contributed by atoms with Crippen LogP contribution in [0.25, 0.3) is 0 Å². The van der Waals surface area contributed by atoms with Gasteiger partial charge in [-0.15, -0.1) is 0 Å². The lowest BCUT2D eigenvalue weighted by molar-refractivity contribution is -0.116. The van der Waals surface area contributed by atoms with Crippen molar-refractivity contribution in [2.24, 2.45) is 0 Å². The maximum Gasteiger partial charge on any atom is 0.133 e. The molecule has 0 N–H and O–H groups in total. The van der Waals surface area contributed by atoms with Gasteiger partial charge in [0.15, 0.2) is 0 Å². The SMILES string of the molecule is Cc1cc(CN2CCO[C@H]3[C@H](OCCCn4cccn4)CC[C@@H]32)no1. The minimum atomic E-state index is 0.173. The second-order valence-corrected chi connectivity index (χ2v) is 6.91. The summed E-state index contributed by atoms with van der Waals surface area (Å²) in [6, 6.07) is 4.38. The van der Waals surface area contributed by atoms with Crippen LogP contribution >= 0.6 is 0 Å². The molecule has 7 nitrogen and oxygen atoms in total. The first-order valence-electron chi connectivity index (χ1n) is 9.16. The molecular formula is C18H26N4O3. The van der Waals surface area contributed by atoms with E-state index in [0.717, 1.165) is 63.6 Å². The molecule has 0 bridgehead atoms. The number of hydrogen-bond donors (Lipinski definition) is 0. The number of aromatic nitrogens is 3. The lowest BCUT2D eigenvalue weighted by Crippen LogP contribution is -2.51. The van der Waals surface area contributed by atoms with E-state index in [1.165, 1.54) is 0 Å². The van der Waals surface area contributed by atoms with Gasteiger partial charge in [-0.05, 0) is 32.3 Å². The zero-order valence-electron chi connectivity index (χ0n) is 14.7. The van der Waals surface area contributed by atoms with Crippen molar-refractivity contribution in [3.63, 3.8) is 0 Å². The highest BCUT2D eigenvalue weighted by atomic mass is 16.5. The molecule has 2 fully saturated rings. The number of rotatable bonds is 7. The summed E-state index contributed by atoms with van der Waals surface area (Å²) in [7, 11) is 0. The van der Waals surface area contributed by atoms with Gasteiger partial charge in [-0.2, -0.15) is 5.10 Å². The molecule has 0 amide bonds. The third-order valence-corrected chi connectivity index (χ3v) is 5.11. The molecule has 1 aliphatic carbocycles. The van der Waals surface area contributed by atoms with Crippen LogP contribution < -0.4 is 0 Å². The van der Waals surface area contributed by atoms with E-state index in [0.29, 0.717) is 6.04 Å². The standard InChI is InChI=1S/C18H26N4O3/c1-14-12-15(20-25-14)13-21-9-11-24-18-16(21)4-5-17(18)23-10-3-8-22-7-2-6-19-22/h2,6-7,12,16-18H,3-5,8-11,13H2,1H3/t16-,17+,18+/m0/s1. The summed E-state index contributed by atoms with van der Waals surface area (Å²) in [5.74, 6) is 0.865. The molecule has 25 heavy (non-hydrogen) atoms. The highest BCUT2D eigenvalue weighted by Crippen LogP contribution is 2.33. The highest BCUT2D eigenvalue weighted by molar-refractivity contribution is 5.05. The van der Waals surface area contributed by atoms with E-state index in [-0.39, 0.29) is 12.2 Å². The van der Waals surface area contributed by atoms with Gasteiger partial charge in [0.05, 0.1) is 24.5 Å². The van der Waals surface area contributed by atoms with Crippen LogP contribution in [0.15, 0.2) is 29.0 Å². The number of morpholine rings is 1. The highest BCUT2D eigenvalue weighted by Gasteiger charge is 2.43. The van der Waals surface area contributed by atoms with Gasteiger partial charge >= 0.3 is 0 Å². The Hall–Kier alpha value is -1.70. The molecule has 0 unspecified atom stereocenters. The first-order chi connectivity index (χ1) is 12.3. The molecule has 1 aliphatic heterocycles. The van der Waals surface area contributed by atoms with E-state index < -0.39 is 0 Å². The summed E-state index contributed by atoms with van der Waals surface area (Å²) in [6.07, 6.45) is 7.31. The smallest absolute Gasteiger partial charge is 0.133 e. The summed E-state index contributed by atoms with van der Waals surface area (Å²) >= 11 is 0. The van der Waals surface area contributed by atoms with Crippen molar-refractivity contribution in [1.29, 1.82) is 0 Å². The molecular weight excluding hydrogens is 320 g/mol. The van der Waals surface area contributed by atoms with Crippen LogP contribution in [0.4, 0.5) is 0 Å².